The maximum absolute atomic E-state index is 10.5. The molecule has 0 radical (unpaired) electrons. The van der Waals surface area contributed by atoms with Gasteiger partial charge in [0.05, 0.1) is 5.56 Å². The van der Waals surface area contributed by atoms with E-state index in [0.29, 0.717) is 16.1 Å². The molecular weight excluding hydrogens is 208 g/mol. The molecule has 1 rings (SSSR count). The highest BCUT2D eigenvalue weighted by Gasteiger charge is 2.12. The van der Waals surface area contributed by atoms with Gasteiger partial charge in [-0.15, -0.1) is 0 Å². The quantitative estimate of drug-likeness (QED) is 0.771. The molecule has 1 heterocycles. The van der Waals surface area contributed by atoms with Crippen molar-refractivity contribution in [2.24, 2.45) is 0 Å². The topological polar surface area (TPSA) is 45.8 Å². The minimum Gasteiger partial charge on any atom is -0.298 e. The molecule has 0 saturated heterocycles. The lowest BCUT2D eigenvalue weighted by molar-refractivity contribution is 0.112. The van der Waals surface area contributed by atoms with Crippen molar-refractivity contribution in [3.05, 3.63) is 15.9 Å². The zero-order valence-corrected chi connectivity index (χ0v) is 7.97. The Labute approximate surface area is 73.3 Å². The molecule has 0 saturated carbocycles. The Balaban J connectivity index is 3.15. The van der Waals surface area contributed by atoms with Crippen molar-refractivity contribution in [1.82, 2.24) is 10.2 Å². The lowest BCUT2D eigenvalue weighted by Gasteiger charge is -1.99. The molecule has 1 N–H and O–H groups in total. The van der Waals surface area contributed by atoms with Gasteiger partial charge in [0.25, 0.3) is 0 Å². The maximum Gasteiger partial charge on any atom is 0.154 e. The number of hydrogen-bond acceptors (Lipinski definition) is 2. The summed E-state index contributed by atoms with van der Waals surface area (Å²) in [6.07, 6.45) is 0.808. The first-order chi connectivity index (χ1) is 5.16. The van der Waals surface area contributed by atoms with Gasteiger partial charge >= 0.3 is 0 Å². The molecule has 0 fully saturated rings. The van der Waals surface area contributed by atoms with Crippen LogP contribution in [0.15, 0.2) is 4.60 Å². The Morgan fingerprint density at radius 1 is 1.64 bits per heavy atom. The van der Waals surface area contributed by atoms with Crippen molar-refractivity contribution in [3.63, 3.8) is 0 Å². The number of rotatable bonds is 2. The number of H-pyrrole nitrogens is 1. The molecule has 4 heteroatoms. The third-order valence-electron chi connectivity index (χ3n) is 1.48. The smallest absolute Gasteiger partial charge is 0.154 e. The summed E-state index contributed by atoms with van der Waals surface area (Å²) >= 11 is 3.17. The van der Waals surface area contributed by atoms with Crippen LogP contribution in [0.5, 0.6) is 0 Å². The molecule has 0 spiro atoms. The number of carbonyl (C=O) groups is 1. The van der Waals surface area contributed by atoms with E-state index in [1.165, 1.54) is 0 Å². The van der Waals surface area contributed by atoms with E-state index in [9.17, 15) is 4.79 Å². The molecule has 0 amide bonds. The normalized spacial score (nSPS) is 10.5. The molecular formula is C7H9BrN2O. The van der Waals surface area contributed by atoms with Crippen molar-refractivity contribution < 1.29 is 4.79 Å². The fourth-order valence-corrected chi connectivity index (χ4v) is 1.29. The fourth-order valence-electron chi connectivity index (χ4n) is 0.893. The second kappa shape index (κ2) is 3.17. The zero-order chi connectivity index (χ0) is 8.43. The molecule has 0 bridgehead atoms. The Bertz CT molecular complexity index is 267. The van der Waals surface area contributed by atoms with Crippen LogP contribution in [-0.2, 0) is 0 Å². The van der Waals surface area contributed by atoms with E-state index in [-0.39, 0.29) is 0 Å². The van der Waals surface area contributed by atoms with Crippen LogP contribution in [0.25, 0.3) is 0 Å². The summed E-state index contributed by atoms with van der Waals surface area (Å²) in [6, 6.07) is 0. The van der Waals surface area contributed by atoms with E-state index >= 15 is 0 Å². The van der Waals surface area contributed by atoms with Crippen LogP contribution in [0, 0.1) is 0 Å². The summed E-state index contributed by atoms with van der Waals surface area (Å²) in [5, 5.41) is 6.67. The van der Waals surface area contributed by atoms with Crippen molar-refractivity contribution in [2.75, 3.05) is 0 Å². The van der Waals surface area contributed by atoms with Gasteiger partial charge in [0, 0.05) is 5.69 Å². The lowest BCUT2D eigenvalue weighted by atomic mass is 10.1. The third kappa shape index (κ3) is 1.50. The Morgan fingerprint density at radius 2 is 2.27 bits per heavy atom. The largest absolute Gasteiger partial charge is 0.298 e. The second-order valence-corrected chi connectivity index (χ2v) is 3.37. The number of halogens is 1. The fraction of sp³-hybridized carbons (Fsp3) is 0.429. The van der Waals surface area contributed by atoms with E-state index in [2.05, 4.69) is 26.1 Å². The molecule has 60 valence electrons. The molecule has 0 aliphatic heterocycles. The third-order valence-corrected chi connectivity index (χ3v) is 2.09. The monoisotopic (exact) mass is 216 g/mol. The zero-order valence-electron chi connectivity index (χ0n) is 6.39. The SMILES string of the molecule is CC(C)c1[nH]nc(Br)c1C=O. The van der Waals surface area contributed by atoms with Gasteiger partial charge < -0.3 is 0 Å². The molecule has 0 aromatic carbocycles. The minimum atomic E-state index is 0.300. The summed E-state index contributed by atoms with van der Waals surface area (Å²) in [6.45, 7) is 4.01. The average molecular weight is 217 g/mol. The van der Waals surface area contributed by atoms with Crippen LogP contribution < -0.4 is 0 Å². The van der Waals surface area contributed by atoms with Crippen LogP contribution in [0.3, 0.4) is 0 Å². The highest BCUT2D eigenvalue weighted by molar-refractivity contribution is 9.10. The Hall–Kier alpha value is -0.640. The van der Waals surface area contributed by atoms with E-state index in [0.717, 1.165) is 12.0 Å². The summed E-state index contributed by atoms with van der Waals surface area (Å²) in [4.78, 5) is 10.5. The first-order valence-electron chi connectivity index (χ1n) is 3.35. The molecule has 0 aliphatic rings. The molecule has 11 heavy (non-hydrogen) atoms. The van der Waals surface area contributed by atoms with E-state index in [1.54, 1.807) is 0 Å². The van der Waals surface area contributed by atoms with E-state index in [4.69, 9.17) is 0 Å². The van der Waals surface area contributed by atoms with Gasteiger partial charge in [-0.25, -0.2) is 0 Å². The summed E-state index contributed by atoms with van der Waals surface area (Å²) in [5.41, 5.74) is 1.51. The van der Waals surface area contributed by atoms with Gasteiger partial charge in [-0.05, 0) is 21.8 Å². The molecule has 0 atom stereocenters. The minimum absolute atomic E-state index is 0.300. The second-order valence-electron chi connectivity index (χ2n) is 2.61. The summed E-state index contributed by atoms with van der Waals surface area (Å²) in [7, 11) is 0. The first kappa shape index (κ1) is 8.46. The first-order valence-corrected chi connectivity index (χ1v) is 4.15. The predicted molar refractivity (Wildman–Crippen MR) is 45.8 cm³/mol. The van der Waals surface area contributed by atoms with Gasteiger partial charge in [-0.1, -0.05) is 13.8 Å². The molecule has 3 nitrogen and oxygen atoms in total. The van der Waals surface area contributed by atoms with Crippen molar-refractivity contribution in [2.45, 2.75) is 19.8 Å². The number of nitrogens with zero attached hydrogens (tertiary/aromatic N) is 1. The van der Waals surface area contributed by atoms with E-state index < -0.39 is 0 Å². The number of aromatic amines is 1. The number of hydrogen-bond donors (Lipinski definition) is 1. The summed E-state index contributed by atoms with van der Waals surface area (Å²) in [5.74, 6) is 0.300. The van der Waals surface area contributed by atoms with Crippen LogP contribution in [0.4, 0.5) is 0 Å². The van der Waals surface area contributed by atoms with Crippen LogP contribution in [0.1, 0.15) is 35.8 Å². The van der Waals surface area contributed by atoms with Gasteiger partial charge in [-0.2, -0.15) is 5.10 Å². The van der Waals surface area contributed by atoms with Crippen molar-refractivity contribution in [1.29, 1.82) is 0 Å². The lowest BCUT2D eigenvalue weighted by Crippen LogP contribution is -1.92. The molecule has 1 aromatic heterocycles. The Morgan fingerprint density at radius 3 is 2.64 bits per heavy atom. The van der Waals surface area contributed by atoms with Gasteiger partial charge in [-0.3, -0.25) is 9.89 Å². The van der Waals surface area contributed by atoms with Crippen LogP contribution in [0.2, 0.25) is 0 Å². The highest BCUT2D eigenvalue weighted by atomic mass is 79.9. The maximum atomic E-state index is 10.5. The average Bonchev–Trinajstić information content (AvgIpc) is 2.30. The van der Waals surface area contributed by atoms with Crippen LogP contribution in [-0.4, -0.2) is 16.5 Å². The van der Waals surface area contributed by atoms with Gasteiger partial charge in [0.1, 0.15) is 4.60 Å². The Kier molecular flexibility index (Phi) is 2.44. The number of aromatic nitrogens is 2. The molecule has 0 aliphatic carbocycles. The van der Waals surface area contributed by atoms with Gasteiger partial charge in [0.2, 0.25) is 0 Å². The van der Waals surface area contributed by atoms with E-state index in [1.807, 2.05) is 13.8 Å². The van der Waals surface area contributed by atoms with Crippen molar-refractivity contribution >= 4 is 22.2 Å². The number of aldehydes is 1. The molecule has 0 unspecified atom stereocenters. The van der Waals surface area contributed by atoms with Crippen LogP contribution >= 0.6 is 15.9 Å². The van der Waals surface area contributed by atoms with Gasteiger partial charge in [0.15, 0.2) is 6.29 Å². The molecule has 1 aromatic rings. The number of carbonyl (C=O) groups excluding carboxylic acids is 1. The number of nitrogens with one attached hydrogen (secondary N) is 1. The standard InChI is InChI=1S/C7H9BrN2O/c1-4(2)6-5(3-11)7(8)10-9-6/h3-4H,1-2H3,(H,9,10). The highest BCUT2D eigenvalue weighted by Crippen LogP contribution is 2.21. The summed E-state index contributed by atoms with van der Waals surface area (Å²) < 4.78 is 0.594. The predicted octanol–water partition coefficient (Wildman–Crippen LogP) is 2.11. The van der Waals surface area contributed by atoms with Crippen molar-refractivity contribution in [3.8, 4) is 0 Å².